The summed E-state index contributed by atoms with van der Waals surface area (Å²) >= 11 is 11.8. The van der Waals surface area contributed by atoms with E-state index < -0.39 is 0 Å². The van der Waals surface area contributed by atoms with Gasteiger partial charge in [0, 0.05) is 21.2 Å². The zero-order chi connectivity index (χ0) is 14.5. The number of aldehydes is 1. The number of ketones is 1. The first kappa shape index (κ1) is 14.5. The highest BCUT2D eigenvalue weighted by Gasteiger charge is 2.03. The Bertz CT molecular complexity index is 673. The first-order valence-corrected chi connectivity index (χ1v) is 6.58. The van der Waals surface area contributed by atoms with Crippen molar-refractivity contribution in [2.45, 2.75) is 0 Å². The van der Waals surface area contributed by atoms with Gasteiger partial charge in [0.25, 0.3) is 0 Å². The van der Waals surface area contributed by atoms with Crippen LogP contribution in [-0.2, 0) is 0 Å². The number of benzene rings is 2. The molecule has 0 aliphatic heterocycles. The summed E-state index contributed by atoms with van der Waals surface area (Å²) in [6.07, 6.45) is 3.80. The van der Waals surface area contributed by atoms with E-state index in [2.05, 4.69) is 0 Å². The van der Waals surface area contributed by atoms with E-state index in [1.165, 1.54) is 6.08 Å². The molecule has 0 bridgehead atoms. The third-order valence-corrected chi connectivity index (χ3v) is 3.27. The molecule has 0 spiro atoms. The maximum atomic E-state index is 12.0. The summed E-state index contributed by atoms with van der Waals surface area (Å²) in [4.78, 5) is 22.5. The fourth-order valence-corrected chi connectivity index (χ4v) is 2.10. The standard InChI is InChI=1S/C16H10Cl2O2/c17-14-7-5-12(15(18)9-14)6-8-16(20)13-3-1-11(10-19)2-4-13/h1-10H/b8-6+. The van der Waals surface area contributed by atoms with Crippen LogP contribution >= 0.6 is 23.2 Å². The minimum absolute atomic E-state index is 0.159. The summed E-state index contributed by atoms with van der Waals surface area (Å²) in [6, 6.07) is 11.5. The van der Waals surface area contributed by atoms with Gasteiger partial charge in [-0.2, -0.15) is 0 Å². The highest BCUT2D eigenvalue weighted by molar-refractivity contribution is 6.35. The van der Waals surface area contributed by atoms with Gasteiger partial charge in [0.1, 0.15) is 6.29 Å². The number of carbonyl (C=O) groups excluding carboxylic acids is 2. The van der Waals surface area contributed by atoms with Gasteiger partial charge in [-0.1, -0.05) is 53.5 Å². The van der Waals surface area contributed by atoms with E-state index in [0.717, 1.165) is 6.29 Å². The van der Waals surface area contributed by atoms with Gasteiger partial charge in [0.15, 0.2) is 5.78 Å². The Morgan fingerprint density at radius 2 is 1.70 bits per heavy atom. The van der Waals surface area contributed by atoms with Crippen molar-refractivity contribution in [1.29, 1.82) is 0 Å². The second-order valence-electron chi connectivity index (χ2n) is 4.10. The van der Waals surface area contributed by atoms with Crippen LogP contribution in [0.25, 0.3) is 6.08 Å². The van der Waals surface area contributed by atoms with Crippen LogP contribution in [-0.4, -0.2) is 12.1 Å². The van der Waals surface area contributed by atoms with Crippen molar-refractivity contribution in [2.75, 3.05) is 0 Å². The van der Waals surface area contributed by atoms with Crippen molar-refractivity contribution >= 4 is 41.3 Å². The molecule has 0 amide bonds. The Hall–Kier alpha value is -1.90. The maximum Gasteiger partial charge on any atom is 0.185 e. The van der Waals surface area contributed by atoms with Crippen LogP contribution in [0.5, 0.6) is 0 Å². The number of halogens is 2. The quantitative estimate of drug-likeness (QED) is 0.466. The maximum absolute atomic E-state index is 12.0. The molecule has 0 fully saturated rings. The van der Waals surface area contributed by atoms with Crippen LogP contribution in [0.15, 0.2) is 48.5 Å². The summed E-state index contributed by atoms with van der Waals surface area (Å²) in [5.74, 6) is -0.159. The molecule has 0 N–H and O–H groups in total. The van der Waals surface area contributed by atoms with Crippen LogP contribution < -0.4 is 0 Å². The number of allylic oxidation sites excluding steroid dienone is 1. The van der Waals surface area contributed by atoms with Gasteiger partial charge in [0.2, 0.25) is 0 Å². The molecule has 2 nitrogen and oxygen atoms in total. The van der Waals surface area contributed by atoms with Crippen molar-refractivity contribution in [2.24, 2.45) is 0 Å². The molecule has 0 saturated carbocycles. The van der Waals surface area contributed by atoms with E-state index in [9.17, 15) is 9.59 Å². The van der Waals surface area contributed by atoms with Crippen LogP contribution in [0, 0.1) is 0 Å². The van der Waals surface area contributed by atoms with Crippen molar-refractivity contribution in [1.82, 2.24) is 0 Å². The van der Waals surface area contributed by atoms with E-state index in [1.807, 2.05) is 0 Å². The van der Waals surface area contributed by atoms with Gasteiger partial charge in [-0.05, 0) is 29.8 Å². The van der Waals surface area contributed by atoms with Crippen molar-refractivity contribution < 1.29 is 9.59 Å². The first-order valence-electron chi connectivity index (χ1n) is 5.83. The molecule has 0 unspecified atom stereocenters. The first-order chi connectivity index (χ1) is 9.60. The molecule has 0 aliphatic rings. The van der Waals surface area contributed by atoms with E-state index in [0.29, 0.717) is 26.7 Å². The average Bonchev–Trinajstić information content (AvgIpc) is 2.46. The molecular weight excluding hydrogens is 295 g/mol. The molecule has 2 aromatic carbocycles. The molecule has 2 aromatic rings. The van der Waals surface area contributed by atoms with Gasteiger partial charge in [0.05, 0.1) is 0 Å². The molecule has 0 radical (unpaired) electrons. The predicted molar refractivity (Wildman–Crippen MR) is 81.7 cm³/mol. The van der Waals surface area contributed by atoms with E-state index in [4.69, 9.17) is 23.2 Å². The topological polar surface area (TPSA) is 34.1 Å². The fraction of sp³-hybridized carbons (Fsp3) is 0. The molecular formula is C16H10Cl2O2. The lowest BCUT2D eigenvalue weighted by Crippen LogP contribution is -1.94. The lowest BCUT2D eigenvalue weighted by Gasteiger charge is -1.99. The Morgan fingerprint density at radius 3 is 2.30 bits per heavy atom. The second-order valence-corrected chi connectivity index (χ2v) is 4.95. The zero-order valence-corrected chi connectivity index (χ0v) is 11.9. The summed E-state index contributed by atoms with van der Waals surface area (Å²) in [6.45, 7) is 0. The molecule has 0 saturated heterocycles. The lowest BCUT2D eigenvalue weighted by molar-refractivity contribution is 0.104. The van der Waals surface area contributed by atoms with Crippen LogP contribution in [0.2, 0.25) is 10.0 Å². The van der Waals surface area contributed by atoms with E-state index in [1.54, 1.807) is 48.5 Å². The van der Waals surface area contributed by atoms with Gasteiger partial charge >= 0.3 is 0 Å². The number of rotatable bonds is 4. The predicted octanol–water partition coefficient (Wildman–Crippen LogP) is 4.70. The van der Waals surface area contributed by atoms with E-state index >= 15 is 0 Å². The van der Waals surface area contributed by atoms with Gasteiger partial charge in [-0.3, -0.25) is 9.59 Å². The van der Waals surface area contributed by atoms with Gasteiger partial charge in [-0.15, -0.1) is 0 Å². The number of carbonyl (C=O) groups is 2. The third kappa shape index (κ3) is 3.56. The zero-order valence-electron chi connectivity index (χ0n) is 10.3. The van der Waals surface area contributed by atoms with Crippen molar-refractivity contribution in [3.8, 4) is 0 Å². The van der Waals surface area contributed by atoms with Gasteiger partial charge < -0.3 is 0 Å². The number of hydrogen-bond acceptors (Lipinski definition) is 2. The van der Waals surface area contributed by atoms with Crippen molar-refractivity contribution in [3.05, 3.63) is 75.3 Å². The van der Waals surface area contributed by atoms with E-state index in [-0.39, 0.29) is 5.78 Å². The number of hydrogen-bond donors (Lipinski definition) is 0. The third-order valence-electron chi connectivity index (χ3n) is 2.71. The Kier molecular flexibility index (Phi) is 4.72. The highest BCUT2D eigenvalue weighted by Crippen LogP contribution is 2.22. The monoisotopic (exact) mass is 304 g/mol. The minimum Gasteiger partial charge on any atom is -0.298 e. The molecule has 0 atom stereocenters. The molecule has 0 aliphatic carbocycles. The molecule has 0 heterocycles. The summed E-state index contributed by atoms with van der Waals surface area (Å²) in [7, 11) is 0. The molecule has 0 aromatic heterocycles. The smallest absolute Gasteiger partial charge is 0.185 e. The minimum atomic E-state index is -0.159. The molecule has 4 heteroatoms. The molecule has 2 rings (SSSR count). The largest absolute Gasteiger partial charge is 0.298 e. The molecule has 100 valence electrons. The summed E-state index contributed by atoms with van der Waals surface area (Å²) in [5.41, 5.74) is 1.76. The molecule has 20 heavy (non-hydrogen) atoms. The van der Waals surface area contributed by atoms with Crippen LogP contribution in [0.3, 0.4) is 0 Å². The summed E-state index contributed by atoms with van der Waals surface area (Å²) < 4.78 is 0. The Morgan fingerprint density at radius 1 is 1.00 bits per heavy atom. The second kappa shape index (κ2) is 6.51. The average molecular weight is 305 g/mol. The fourth-order valence-electron chi connectivity index (χ4n) is 1.62. The Labute approximate surface area is 126 Å². The lowest BCUT2D eigenvalue weighted by atomic mass is 10.1. The van der Waals surface area contributed by atoms with Crippen LogP contribution in [0.4, 0.5) is 0 Å². The Balaban J connectivity index is 2.17. The van der Waals surface area contributed by atoms with Gasteiger partial charge in [-0.25, -0.2) is 0 Å². The van der Waals surface area contributed by atoms with Crippen molar-refractivity contribution in [3.63, 3.8) is 0 Å². The SMILES string of the molecule is O=Cc1ccc(C(=O)/C=C/c2ccc(Cl)cc2Cl)cc1. The summed E-state index contributed by atoms with van der Waals surface area (Å²) in [5, 5.41) is 1.03. The highest BCUT2D eigenvalue weighted by atomic mass is 35.5. The van der Waals surface area contributed by atoms with Crippen LogP contribution in [0.1, 0.15) is 26.3 Å². The normalized spacial score (nSPS) is 10.7.